The van der Waals surface area contributed by atoms with Gasteiger partial charge in [0.05, 0.1) is 20.8 Å². The molecule has 118 valence electrons. The Morgan fingerprint density at radius 2 is 1.96 bits per heavy atom. The average Bonchev–Trinajstić information content (AvgIpc) is 3.04. The zero-order valence-corrected chi connectivity index (χ0v) is 12.7. The van der Waals surface area contributed by atoms with Crippen molar-refractivity contribution in [2.24, 2.45) is 0 Å². The van der Waals surface area contributed by atoms with Crippen molar-refractivity contribution < 1.29 is 13.9 Å². The Morgan fingerprint density at radius 1 is 1.09 bits per heavy atom. The smallest absolute Gasteiger partial charge is 0.205 e. The van der Waals surface area contributed by atoms with Crippen LogP contribution in [0.1, 0.15) is 5.56 Å². The van der Waals surface area contributed by atoms with Gasteiger partial charge in [-0.3, -0.25) is 0 Å². The third-order valence-corrected chi connectivity index (χ3v) is 3.33. The van der Waals surface area contributed by atoms with Gasteiger partial charge in [0.1, 0.15) is 17.3 Å². The molecule has 1 heterocycles. The number of tetrazole rings is 1. The molecule has 3 rings (SSSR count). The highest BCUT2D eigenvalue weighted by Crippen LogP contribution is 2.22. The Morgan fingerprint density at radius 3 is 2.74 bits per heavy atom. The maximum absolute atomic E-state index is 13.4. The summed E-state index contributed by atoms with van der Waals surface area (Å²) in [6.45, 7) is 0.262. The zero-order valence-electron chi connectivity index (χ0n) is 12.7. The first kappa shape index (κ1) is 15.0. The normalized spacial score (nSPS) is 10.6. The van der Waals surface area contributed by atoms with Crippen LogP contribution in [0.15, 0.2) is 42.5 Å². The molecule has 0 bridgehead atoms. The second-order valence-corrected chi connectivity index (χ2v) is 4.83. The first-order chi connectivity index (χ1) is 11.2. The second-order valence-electron chi connectivity index (χ2n) is 4.83. The lowest BCUT2D eigenvalue weighted by Gasteiger charge is -2.07. The third kappa shape index (κ3) is 3.28. The molecule has 0 radical (unpaired) electrons. The first-order valence-electron chi connectivity index (χ1n) is 6.94. The van der Waals surface area contributed by atoms with Crippen LogP contribution in [-0.2, 0) is 6.54 Å². The van der Waals surface area contributed by atoms with E-state index in [0.29, 0.717) is 22.9 Å². The van der Waals surface area contributed by atoms with Gasteiger partial charge in [0.15, 0.2) is 0 Å². The van der Waals surface area contributed by atoms with Crippen molar-refractivity contribution in [2.75, 3.05) is 14.2 Å². The van der Waals surface area contributed by atoms with Crippen LogP contribution in [0.3, 0.4) is 0 Å². The molecule has 0 saturated heterocycles. The number of hydrogen-bond donors (Lipinski definition) is 0. The molecule has 6 nitrogen and oxygen atoms in total. The number of hydrogen-bond acceptors (Lipinski definition) is 5. The number of methoxy groups -OCH3 is 2. The molecule has 0 aliphatic carbocycles. The molecule has 0 aliphatic heterocycles. The van der Waals surface area contributed by atoms with Crippen molar-refractivity contribution in [3.05, 3.63) is 53.8 Å². The molecule has 0 saturated carbocycles. The molecule has 0 aliphatic rings. The molecule has 0 spiro atoms. The van der Waals surface area contributed by atoms with E-state index in [0.717, 1.165) is 5.56 Å². The summed E-state index contributed by atoms with van der Waals surface area (Å²) in [5, 5.41) is 12.3. The zero-order chi connectivity index (χ0) is 16.2. The maximum Gasteiger partial charge on any atom is 0.205 e. The molecule has 2 aromatic carbocycles. The van der Waals surface area contributed by atoms with E-state index in [-0.39, 0.29) is 12.4 Å². The summed E-state index contributed by atoms with van der Waals surface area (Å²) in [6.07, 6.45) is 0. The van der Waals surface area contributed by atoms with Gasteiger partial charge in [-0.15, -0.1) is 10.2 Å². The Bertz CT molecular complexity index is 819. The molecule has 0 unspecified atom stereocenters. The minimum Gasteiger partial charge on any atom is -0.497 e. The summed E-state index contributed by atoms with van der Waals surface area (Å²) in [7, 11) is 3.13. The van der Waals surface area contributed by atoms with Crippen molar-refractivity contribution in [1.82, 2.24) is 20.2 Å². The number of ether oxygens (including phenoxy) is 2. The fourth-order valence-corrected chi connectivity index (χ4v) is 2.21. The molecule has 0 N–H and O–H groups in total. The van der Waals surface area contributed by atoms with Crippen LogP contribution in [0.25, 0.3) is 11.4 Å². The van der Waals surface area contributed by atoms with E-state index in [1.165, 1.54) is 24.0 Å². The monoisotopic (exact) mass is 314 g/mol. The molecule has 7 heteroatoms. The number of benzene rings is 2. The third-order valence-electron chi connectivity index (χ3n) is 3.33. The van der Waals surface area contributed by atoms with Crippen LogP contribution in [0.4, 0.5) is 4.39 Å². The highest BCUT2D eigenvalue weighted by Gasteiger charge is 2.10. The van der Waals surface area contributed by atoms with Gasteiger partial charge in [-0.25, -0.2) is 4.39 Å². The van der Waals surface area contributed by atoms with E-state index in [4.69, 9.17) is 9.47 Å². The summed E-state index contributed by atoms with van der Waals surface area (Å²) in [5.41, 5.74) is 1.43. The molecule has 1 aromatic heterocycles. The van der Waals surface area contributed by atoms with Crippen LogP contribution < -0.4 is 9.47 Å². The van der Waals surface area contributed by atoms with E-state index in [2.05, 4.69) is 15.4 Å². The minimum absolute atomic E-state index is 0.262. The molecular weight excluding hydrogens is 299 g/mol. The summed E-state index contributed by atoms with van der Waals surface area (Å²) in [5.74, 6) is 1.42. The summed E-state index contributed by atoms with van der Waals surface area (Å²) in [4.78, 5) is 1.39. The number of rotatable bonds is 5. The van der Waals surface area contributed by atoms with E-state index in [1.54, 1.807) is 13.2 Å². The Kier molecular flexibility index (Phi) is 4.18. The van der Waals surface area contributed by atoms with Gasteiger partial charge >= 0.3 is 0 Å². The minimum atomic E-state index is -0.339. The molecular formula is C16H15FN4O2. The predicted molar refractivity (Wildman–Crippen MR) is 81.9 cm³/mol. The quantitative estimate of drug-likeness (QED) is 0.724. The lowest BCUT2D eigenvalue weighted by molar-refractivity contribution is 0.403. The number of aromatic nitrogens is 4. The van der Waals surface area contributed by atoms with Gasteiger partial charge in [0.2, 0.25) is 5.82 Å². The summed E-state index contributed by atoms with van der Waals surface area (Å²) in [6, 6.07) is 11.7. The highest BCUT2D eigenvalue weighted by atomic mass is 19.1. The summed E-state index contributed by atoms with van der Waals surface area (Å²) >= 11 is 0. The molecule has 23 heavy (non-hydrogen) atoms. The van der Waals surface area contributed by atoms with Crippen LogP contribution >= 0.6 is 0 Å². The van der Waals surface area contributed by atoms with Gasteiger partial charge in [0, 0.05) is 11.1 Å². The second kappa shape index (κ2) is 6.43. The van der Waals surface area contributed by atoms with E-state index >= 15 is 0 Å². The van der Waals surface area contributed by atoms with Gasteiger partial charge in [-0.2, -0.15) is 4.80 Å². The number of nitrogens with zero attached hydrogens (tertiary/aromatic N) is 4. The van der Waals surface area contributed by atoms with Crippen molar-refractivity contribution in [2.45, 2.75) is 6.54 Å². The van der Waals surface area contributed by atoms with Crippen molar-refractivity contribution in [1.29, 1.82) is 0 Å². The first-order valence-corrected chi connectivity index (χ1v) is 6.94. The van der Waals surface area contributed by atoms with Gasteiger partial charge in [-0.1, -0.05) is 12.1 Å². The Labute approximate surface area is 132 Å². The standard InChI is InChI=1S/C16H15FN4O2/c1-22-14-5-3-4-11(9-14)16-18-20-21(19-16)10-12-8-13(17)6-7-15(12)23-2/h3-9H,10H2,1-2H3. The van der Waals surface area contributed by atoms with Crippen LogP contribution in [0.2, 0.25) is 0 Å². The fourth-order valence-electron chi connectivity index (χ4n) is 2.21. The Balaban J connectivity index is 1.86. The van der Waals surface area contributed by atoms with Crippen LogP contribution in [-0.4, -0.2) is 34.4 Å². The van der Waals surface area contributed by atoms with Crippen molar-refractivity contribution in [3.63, 3.8) is 0 Å². The lowest BCUT2D eigenvalue weighted by atomic mass is 10.2. The van der Waals surface area contributed by atoms with Crippen LogP contribution in [0, 0.1) is 5.82 Å². The fraction of sp³-hybridized carbons (Fsp3) is 0.188. The van der Waals surface area contributed by atoms with Crippen LogP contribution in [0.5, 0.6) is 11.5 Å². The van der Waals surface area contributed by atoms with Gasteiger partial charge in [-0.05, 0) is 35.5 Å². The van der Waals surface area contributed by atoms with E-state index < -0.39 is 0 Å². The number of halogens is 1. The topological polar surface area (TPSA) is 62.1 Å². The Hall–Kier alpha value is -2.96. The SMILES string of the molecule is COc1cccc(-c2nnn(Cc3cc(F)ccc3OC)n2)c1. The largest absolute Gasteiger partial charge is 0.497 e. The van der Waals surface area contributed by atoms with E-state index in [1.807, 2.05) is 24.3 Å². The van der Waals surface area contributed by atoms with Gasteiger partial charge < -0.3 is 9.47 Å². The maximum atomic E-state index is 13.4. The predicted octanol–water partition coefficient (Wildman–Crippen LogP) is 2.54. The lowest BCUT2D eigenvalue weighted by Crippen LogP contribution is -2.06. The molecule has 0 fully saturated rings. The van der Waals surface area contributed by atoms with Crippen molar-refractivity contribution in [3.8, 4) is 22.9 Å². The summed E-state index contributed by atoms with van der Waals surface area (Å²) < 4.78 is 23.8. The van der Waals surface area contributed by atoms with E-state index in [9.17, 15) is 4.39 Å². The average molecular weight is 314 g/mol. The molecule has 0 atom stereocenters. The van der Waals surface area contributed by atoms with Crippen molar-refractivity contribution >= 4 is 0 Å². The van der Waals surface area contributed by atoms with Gasteiger partial charge in [0.25, 0.3) is 0 Å². The molecule has 0 amide bonds. The molecule has 3 aromatic rings. The highest BCUT2D eigenvalue weighted by molar-refractivity contribution is 5.56.